The minimum Gasteiger partial charge on any atom is -0.373 e. The Bertz CT molecular complexity index is 1720. The fourth-order valence-corrected chi connectivity index (χ4v) is 4.82. The van der Waals surface area contributed by atoms with E-state index in [9.17, 15) is 28.8 Å². The molecule has 0 fully saturated rings. The van der Waals surface area contributed by atoms with Crippen molar-refractivity contribution in [2.75, 3.05) is 36.9 Å². The first-order valence-corrected chi connectivity index (χ1v) is 18.4. The van der Waals surface area contributed by atoms with Crippen molar-refractivity contribution in [2.24, 2.45) is 0 Å². The summed E-state index contributed by atoms with van der Waals surface area (Å²) >= 11 is 11.8. The average Bonchev–Trinajstić information content (AvgIpc) is 3.11. The molecule has 16 nitrogen and oxygen atoms in total. The van der Waals surface area contributed by atoms with Crippen molar-refractivity contribution in [1.29, 1.82) is 0 Å². The van der Waals surface area contributed by atoms with Gasteiger partial charge in [0.15, 0.2) is 0 Å². The zero-order chi connectivity index (χ0) is 41.5. The second-order valence-electron chi connectivity index (χ2n) is 14.3. The molecule has 1 aromatic carbocycles. The zero-order valence-corrected chi connectivity index (χ0v) is 33.6. The topological polar surface area (TPSA) is 219 Å². The van der Waals surface area contributed by atoms with Crippen LogP contribution in [0.4, 0.5) is 11.4 Å². The van der Waals surface area contributed by atoms with E-state index in [-0.39, 0.29) is 60.8 Å². The number of amides is 6. The van der Waals surface area contributed by atoms with Gasteiger partial charge in [0, 0.05) is 37.3 Å². The number of hydrogen-bond acceptors (Lipinski definition) is 10. The van der Waals surface area contributed by atoms with E-state index in [4.69, 9.17) is 32.7 Å². The van der Waals surface area contributed by atoms with E-state index in [1.54, 1.807) is 36.4 Å². The third-order valence-corrected chi connectivity index (χ3v) is 7.68. The molecule has 0 aliphatic rings. The Morgan fingerprint density at radius 2 is 0.946 bits per heavy atom. The molecule has 0 radical (unpaired) electrons. The van der Waals surface area contributed by atoms with Gasteiger partial charge in [0.1, 0.15) is 33.8 Å². The molecule has 0 saturated heterocycles. The third kappa shape index (κ3) is 17.1. The quantitative estimate of drug-likeness (QED) is 0.102. The van der Waals surface area contributed by atoms with Crippen LogP contribution in [0.5, 0.6) is 0 Å². The Morgan fingerprint density at radius 1 is 0.589 bits per heavy atom. The number of carbonyl (C=O) groups excluding carboxylic acids is 6. The summed E-state index contributed by atoms with van der Waals surface area (Å²) < 4.78 is 11.5. The van der Waals surface area contributed by atoms with Crippen LogP contribution >= 0.6 is 23.2 Å². The molecule has 18 heteroatoms. The average molecular weight is 816 g/mol. The van der Waals surface area contributed by atoms with E-state index < -0.39 is 58.7 Å². The highest BCUT2D eigenvalue weighted by Crippen LogP contribution is 2.15. The van der Waals surface area contributed by atoms with E-state index in [1.807, 2.05) is 41.5 Å². The number of hydrogen-bond donors (Lipinski definition) is 6. The number of carbonyl (C=O) groups is 6. The number of halogens is 2. The van der Waals surface area contributed by atoms with Gasteiger partial charge in [0.25, 0.3) is 11.8 Å². The van der Waals surface area contributed by atoms with Gasteiger partial charge in [-0.2, -0.15) is 0 Å². The highest BCUT2D eigenvalue weighted by molar-refractivity contribution is 6.29. The first-order chi connectivity index (χ1) is 26.3. The lowest BCUT2D eigenvalue weighted by molar-refractivity contribution is -0.127. The molecule has 3 rings (SSSR count). The lowest BCUT2D eigenvalue weighted by atomic mass is 10.2. The van der Waals surface area contributed by atoms with Crippen LogP contribution in [0.15, 0.2) is 60.7 Å². The number of nitrogens with zero attached hydrogens (tertiary/aromatic N) is 2. The van der Waals surface area contributed by atoms with Crippen LogP contribution < -0.4 is 31.9 Å². The monoisotopic (exact) mass is 814 g/mol. The van der Waals surface area contributed by atoms with Gasteiger partial charge in [0.2, 0.25) is 23.6 Å². The van der Waals surface area contributed by atoms with Gasteiger partial charge >= 0.3 is 0 Å². The normalized spacial score (nSPS) is 12.4. The van der Waals surface area contributed by atoms with E-state index in [2.05, 4.69) is 41.9 Å². The standard InChI is InChI=1S/C38H48Cl2N8O8/c1-37(2,3)55-21-27(47-35(53)25-9-7-11-29(39)45-25)33(51)41-19-17-31(49)43-23-13-15-24(16-14-23)44-32(50)18-20-42-34(52)28(22-56-38(4,5)6)48-36(54)26-10-8-12-30(40)46-26/h7-16,27-28H,17-22H2,1-6H3,(H,41,51)(H,42,52)(H,43,49)(H,44,50)(H,47,53)(H,48,54)/t27-,28-/m0/s1. The summed E-state index contributed by atoms with van der Waals surface area (Å²) in [5.41, 5.74) is -0.212. The smallest absolute Gasteiger partial charge is 0.270 e. The Morgan fingerprint density at radius 3 is 1.27 bits per heavy atom. The van der Waals surface area contributed by atoms with Crippen molar-refractivity contribution < 1.29 is 38.2 Å². The molecule has 302 valence electrons. The molecule has 56 heavy (non-hydrogen) atoms. The van der Waals surface area contributed by atoms with Gasteiger partial charge in [-0.15, -0.1) is 0 Å². The summed E-state index contributed by atoms with van der Waals surface area (Å²) in [5.74, 6) is -3.11. The van der Waals surface area contributed by atoms with Crippen molar-refractivity contribution in [3.05, 3.63) is 82.4 Å². The molecule has 0 saturated carbocycles. The van der Waals surface area contributed by atoms with Crippen LogP contribution in [-0.2, 0) is 28.7 Å². The summed E-state index contributed by atoms with van der Waals surface area (Å²) in [7, 11) is 0. The molecule has 6 amide bonds. The van der Waals surface area contributed by atoms with Crippen LogP contribution in [0, 0.1) is 0 Å². The Labute approximate surface area is 335 Å². The number of aromatic nitrogens is 2. The minimum absolute atomic E-state index is 0.0253. The van der Waals surface area contributed by atoms with Gasteiger partial charge in [-0.3, -0.25) is 28.8 Å². The molecule has 0 spiro atoms. The van der Waals surface area contributed by atoms with Crippen molar-refractivity contribution in [3.8, 4) is 0 Å². The maximum atomic E-state index is 13.0. The highest BCUT2D eigenvalue weighted by atomic mass is 35.5. The predicted molar refractivity (Wildman–Crippen MR) is 211 cm³/mol. The molecule has 0 aliphatic carbocycles. The van der Waals surface area contributed by atoms with Crippen LogP contribution in [0.2, 0.25) is 10.3 Å². The second kappa shape index (κ2) is 21.2. The number of benzene rings is 1. The molecule has 3 aromatic rings. The molecule has 0 unspecified atom stereocenters. The fourth-order valence-electron chi connectivity index (χ4n) is 4.50. The van der Waals surface area contributed by atoms with Crippen LogP contribution in [0.1, 0.15) is 75.4 Å². The third-order valence-electron chi connectivity index (χ3n) is 7.26. The van der Waals surface area contributed by atoms with Crippen LogP contribution in [-0.4, -0.2) is 95.0 Å². The maximum absolute atomic E-state index is 13.0. The van der Waals surface area contributed by atoms with E-state index in [0.717, 1.165) is 0 Å². The summed E-state index contributed by atoms with van der Waals surface area (Å²) in [6, 6.07) is 13.3. The molecule has 0 bridgehead atoms. The summed E-state index contributed by atoms with van der Waals surface area (Å²) in [6.07, 6.45) is -0.145. The van der Waals surface area contributed by atoms with Crippen molar-refractivity contribution in [3.63, 3.8) is 0 Å². The van der Waals surface area contributed by atoms with E-state index in [1.165, 1.54) is 24.3 Å². The number of rotatable bonds is 18. The number of anilines is 2. The van der Waals surface area contributed by atoms with Crippen LogP contribution in [0.3, 0.4) is 0 Å². The highest BCUT2D eigenvalue weighted by Gasteiger charge is 2.26. The van der Waals surface area contributed by atoms with Gasteiger partial charge < -0.3 is 41.4 Å². The van der Waals surface area contributed by atoms with E-state index in [0.29, 0.717) is 11.4 Å². The molecule has 2 atom stereocenters. The Balaban J connectivity index is 1.44. The number of nitrogens with one attached hydrogen (secondary N) is 6. The maximum Gasteiger partial charge on any atom is 0.270 e. The predicted octanol–water partition coefficient (Wildman–Crippen LogP) is 3.90. The van der Waals surface area contributed by atoms with Gasteiger partial charge in [0.05, 0.1) is 24.4 Å². The summed E-state index contributed by atoms with van der Waals surface area (Å²) in [4.78, 5) is 84.6. The van der Waals surface area contributed by atoms with Gasteiger partial charge in [-0.05, 0) is 90.1 Å². The number of pyridine rings is 2. The molecule has 2 aromatic heterocycles. The molecular weight excluding hydrogens is 767 g/mol. The van der Waals surface area contributed by atoms with E-state index >= 15 is 0 Å². The molecule has 2 heterocycles. The largest absolute Gasteiger partial charge is 0.373 e. The van der Waals surface area contributed by atoms with Crippen molar-refractivity contribution >= 4 is 70.0 Å². The van der Waals surface area contributed by atoms with Crippen molar-refractivity contribution in [2.45, 2.75) is 77.7 Å². The Hall–Kier alpha value is -5.16. The molecular formula is C38H48Cl2N8O8. The minimum atomic E-state index is -1.07. The zero-order valence-electron chi connectivity index (χ0n) is 32.1. The van der Waals surface area contributed by atoms with Crippen LogP contribution in [0.25, 0.3) is 0 Å². The Kier molecular flexibility index (Phi) is 17.1. The van der Waals surface area contributed by atoms with Crippen molar-refractivity contribution in [1.82, 2.24) is 31.2 Å². The lowest BCUT2D eigenvalue weighted by Gasteiger charge is -2.24. The number of ether oxygens (including phenoxy) is 2. The van der Waals surface area contributed by atoms with Gasteiger partial charge in [-0.25, -0.2) is 9.97 Å². The first kappa shape index (κ1) is 45.2. The summed E-state index contributed by atoms with van der Waals surface area (Å²) in [6.45, 7) is 10.6. The van der Waals surface area contributed by atoms with Gasteiger partial charge in [-0.1, -0.05) is 35.3 Å². The molecule has 6 N–H and O–H groups in total. The lowest BCUT2D eigenvalue weighted by Crippen LogP contribution is -2.50. The fraction of sp³-hybridized carbons (Fsp3) is 0.421. The first-order valence-electron chi connectivity index (χ1n) is 17.7. The SMILES string of the molecule is CC(C)(C)OC[C@H](NC(=O)c1cccc(Cl)n1)C(=O)NCCC(=O)Nc1ccc(NC(=O)CCNC(=O)[C@H](COC(C)(C)C)NC(=O)c2cccc(Cl)n2)cc1. The molecule has 0 aliphatic heterocycles. The second-order valence-corrected chi connectivity index (χ2v) is 15.1. The summed E-state index contributed by atoms with van der Waals surface area (Å²) in [5, 5.41) is 16.2.